The molecule has 0 saturated carbocycles. The molecule has 1 aromatic carbocycles. The summed E-state index contributed by atoms with van der Waals surface area (Å²) in [6, 6.07) is 7.04. The van der Waals surface area contributed by atoms with E-state index in [1.54, 1.807) is 29.2 Å². The van der Waals surface area contributed by atoms with Gasteiger partial charge >= 0.3 is 0 Å². The van der Waals surface area contributed by atoms with E-state index in [1.807, 2.05) is 0 Å². The number of rotatable bonds is 1. The summed E-state index contributed by atoms with van der Waals surface area (Å²) in [4.78, 5) is 13.8. The number of para-hydroxylation sites is 1. The van der Waals surface area contributed by atoms with E-state index in [0.717, 1.165) is 12.8 Å². The predicted molar refractivity (Wildman–Crippen MR) is 62.0 cm³/mol. The topological polar surface area (TPSA) is 66.6 Å². The molecule has 1 amide bonds. The molecule has 1 heterocycles. The highest BCUT2D eigenvalue weighted by Crippen LogP contribution is 2.17. The molecular weight excluding hydrogens is 204 g/mol. The Bertz CT molecular complexity index is 392. The molecule has 0 spiro atoms. The van der Waals surface area contributed by atoms with Crippen LogP contribution >= 0.6 is 0 Å². The van der Waals surface area contributed by atoms with E-state index < -0.39 is 6.10 Å². The van der Waals surface area contributed by atoms with Gasteiger partial charge in [-0.15, -0.1) is 0 Å². The monoisotopic (exact) mass is 220 g/mol. The Morgan fingerprint density at radius 2 is 2.19 bits per heavy atom. The van der Waals surface area contributed by atoms with E-state index in [0.29, 0.717) is 24.3 Å². The van der Waals surface area contributed by atoms with Crippen molar-refractivity contribution in [3.63, 3.8) is 0 Å². The van der Waals surface area contributed by atoms with Gasteiger partial charge in [0.2, 0.25) is 0 Å². The van der Waals surface area contributed by atoms with Crippen molar-refractivity contribution in [1.29, 1.82) is 0 Å². The highest BCUT2D eigenvalue weighted by Gasteiger charge is 2.23. The lowest BCUT2D eigenvalue weighted by molar-refractivity contribution is 0.0474. The molecule has 16 heavy (non-hydrogen) atoms. The number of aliphatic hydroxyl groups excluding tert-OH is 1. The molecule has 1 aliphatic heterocycles. The SMILES string of the molecule is Nc1ccccc1C(=O)N1CCCC(O)C1. The molecule has 86 valence electrons. The Hall–Kier alpha value is -1.55. The van der Waals surface area contributed by atoms with Gasteiger partial charge in [0.25, 0.3) is 5.91 Å². The Kier molecular flexibility index (Phi) is 3.10. The molecule has 1 aliphatic rings. The molecule has 0 aromatic heterocycles. The molecule has 0 bridgehead atoms. The fourth-order valence-electron chi connectivity index (χ4n) is 2.00. The molecule has 0 aliphatic carbocycles. The third-order valence-corrected chi connectivity index (χ3v) is 2.87. The van der Waals surface area contributed by atoms with E-state index in [1.165, 1.54) is 0 Å². The summed E-state index contributed by atoms with van der Waals surface area (Å²) in [5.74, 6) is -0.0862. The van der Waals surface area contributed by atoms with Gasteiger partial charge in [0, 0.05) is 18.8 Å². The van der Waals surface area contributed by atoms with Crippen molar-refractivity contribution < 1.29 is 9.90 Å². The van der Waals surface area contributed by atoms with Crippen LogP contribution in [0.3, 0.4) is 0 Å². The fourth-order valence-corrected chi connectivity index (χ4v) is 2.00. The van der Waals surface area contributed by atoms with E-state index >= 15 is 0 Å². The van der Waals surface area contributed by atoms with Crippen molar-refractivity contribution in [3.05, 3.63) is 29.8 Å². The van der Waals surface area contributed by atoms with Crippen LogP contribution < -0.4 is 5.73 Å². The van der Waals surface area contributed by atoms with Crippen molar-refractivity contribution in [3.8, 4) is 0 Å². The highest BCUT2D eigenvalue weighted by molar-refractivity contribution is 5.99. The number of nitrogen functional groups attached to an aromatic ring is 1. The van der Waals surface area contributed by atoms with Crippen molar-refractivity contribution >= 4 is 11.6 Å². The van der Waals surface area contributed by atoms with Gasteiger partial charge < -0.3 is 15.7 Å². The zero-order chi connectivity index (χ0) is 11.5. The van der Waals surface area contributed by atoms with Crippen molar-refractivity contribution in [2.75, 3.05) is 18.8 Å². The quantitative estimate of drug-likeness (QED) is 0.690. The minimum absolute atomic E-state index is 0.0862. The van der Waals surface area contributed by atoms with Gasteiger partial charge in [-0.1, -0.05) is 12.1 Å². The lowest BCUT2D eigenvalue weighted by atomic mass is 10.1. The van der Waals surface area contributed by atoms with Gasteiger partial charge in [0.15, 0.2) is 0 Å². The minimum atomic E-state index is -0.400. The zero-order valence-corrected chi connectivity index (χ0v) is 9.10. The summed E-state index contributed by atoms with van der Waals surface area (Å²) < 4.78 is 0. The van der Waals surface area contributed by atoms with Gasteiger partial charge in [0.05, 0.1) is 11.7 Å². The summed E-state index contributed by atoms with van der Waals surface area (Å²) in [7, 11) is 0. The fraction of sp³-hybridized carbons (Fsp3) is 0.417. The summed E-state index contributed by atoms with van der Waals surface area (Å²) >= 11 is 0. The molecule has 2 rings (SSSR count). The van der Waals surface area contributed by atoms with Crippen molar-refractivity contribution in [1.82, 2.24) is 4.90 Å². The van der Waals surface area contributed by atoms with Crippen LogP contribution in [0.15, 0.2) is 24.3 Å². The number of β-amino-alcohol motifs (C(OH)–C–C–N with tert-alkyl or cyclic N) is 1. The summed E-state index contributed by atoms with van der Waals surface area (Å²) in [6.07, 6.45) is 1.22. The molecule has 1 saturated heterocycles. The zero-order valence-electron chi connectivity index (χ0n) is 9.10. The average molecular weight is 220 g/mol. The average Bonchev–Trinajstić information content (AvgIpc) is 2.29. The molecule has 0 radical (unpaired) electrons. The Morgan fingerprint density at radius 1 is 1.44 bits per heavy atom. The maximum Gasteiger partial charge on any atom is 0.256 e. The number of piperidine rings is 1. The van der Waals surface area contributed by atoms with Gasteiger partial charge in [0.1, 0.15) is 0 Å². The number of carbonyl (C=O) groups is 1. The lowest BCUT2D eigenvalue weighted by Gasteiger charge is -2.30. The van der Waals surface area contributed by atoms with Crippen LogP contribution in [0.1, 0.15) is 23.2 Å². The number of likely N-dealkylation sites (tertiary alicyclic amines) is 1. The van der Waals surface area contributed by atoms with E-state index in [4.69, 9.17) is 5.73 Å². The molecule has 1 atom stereocenters. The number of hydrogen-bond acceptors (Lipinski definition) is 3. The molecule has 1 unspecified atom stereocenters. The number of nitrogens with zero attached hydrogens (tertiary/aromatic N) is 1. The number of hydrogen-bond donors (Lipinski definition) is 2. The molecule has 3 N–H and O–H groups in total. The molecule has 1 aromatic rings. The van der Waals surface area contributed by atoms with Crippen LogP contribution in [0.5, 0.6) is 0 Å². The number of benzene rings is 1. The van der Waals surface area contributed by atoms with Crippen LogP contribution in [-0.2, 0) is 0 Å². The number of nitrogens with two attached hydrogens (primary N) is 1. The highest BCUT2D eigenvalue weighted by atomic mass is 16.3. The predicted octanol–water partition coefficient (Wildman–Crippen LogP) is 0.866. The lowest BCUT2D eigenvalue weighted by Crippen LogP contribution is -2.42. The Labute approximate surface area is 94.7 Å². The molecule has 4 nitrogen and oxygen atoms in total. The maximum absolute atomic E-state index is 12.1. The summed E-state index contributed by atoms with van der Waals surface area (Å²) in [5.41, 5.74) is 6.77. The second-order valence-corrected chi connectivity index (χ2v) is 4.13. The maximum atomic E-state index is 12.1. The van der Waals surface area contributed by atoms with E-state index in [-0.39, 0.29) is 5.91 Å². The Balaban J connectivity index is 2.16. The first-order valence-corrected chi connectivity index (χ1v) is 5.50. The normalized spacial score (nSPS) is 20.8. The van der Waals surface area contributed by atoms with E-state index in [2.05, 4.69) is 0 Å². The van der Waals surface area contributed by atoms with Crippen molar-refractivity contribution in [2.24, 2.45) is 0 Å². The van der Waals surface area contributed by atoms with Crippen LogP contribution in [0.2, 0.25) is 0 Å². The standard InChI is InChI=1S/C12H16N2O2/c13-11-6-2-1-5-10(11)12(16)14-7-3-4-9(15)8-14/h1-2,5-6,9,15H,3-4,7-8,13H2. The number of carbonyl (C=O) groups excluding carboxylic acids is 1. The van der Waals surface area contributed by atoms with Crippen LogP contribution in [0.4, 0.5) is 5.69 Å². The largest absolute Gasteiger partial charge is 0.398 e. The third kappa shape index (κ3) is 2.17. The molecule has 4 heteroatoms. The first-order valence-electron chi connectivity index (χ1n) is 5.50. The van der Waals surface area contributed by atoms with Gasteiger partial charge in [-0.25, -0.2) is 0 Å². The summed E-state index contributed by atoms with van der Waals surface area (Å²) in [5, 5.41) is 9.52. The van der Waals surface area contributed by atoms with Crippen LogP contribution in [-0.4, -0.2) is 35.1 Å². The van der Waals surface area contributed by atoms with Gasteiger partial charge in [-0.2, -0.15) is 0 Å². The minimum Gasteiger partial charge on any atom is -0.398 e. The first-order chi connectivity index (χ1) is 7.68. The smallest absolute Gasteiger partial charge is 0.256 e. The van der Waals surface area contributed by atoms with E-state index in [9.17, 15) is 9.90 Å². The molecule has 1 fully saturated rings. The van der Waals surface area contributed by atoms with Gasteiger partial charge in [-0.05, 0) is 25.0 Å². The summed E-state index contributed by atoms with van der Waals surface area (Å²) in [6.45, 7) is 1.11. The number of aliphatic hydroxyl groups is 1. The first kappa shape index (κ1) is 11.0. The van der Waals surface area contributed by atoms with Crippen LogP contribution in [0.25, 0.3) is 0 Å². The molecular formula is C12H16N2O2. The third-order valence-electron chi connectivity index (χ3n) is 2.87. The Morgan fingerprint density at radius 3 is 2.88 bits per heavy atom. The number of amides is 1. The van der Waals surface area contributed by atoms with Gasteiger partial charge in [-0.3, -0.25) is 4.79 Å². The van der Waals surface area contributed by atoms with Crippen LogP contribution in [0, 0.1) is 0 Å². The second-order valence-electron chi connectivity index (χ2n) is 4.13. The number of anilines is 1. The second kappa shape index (κ2) is 4.53. The van der Waals surface area contributed by atoms with Crippen molar-refractivity contribution in [2.45, 2.75) is 18.9 Å².